The zero-order chi connectivity index (χ0) is 15.4. The van der Waals surface area contributed by atoms with Gasteiger partial charge in [0, 0.05) is 24.7 Å². The van der Waals surface area contributed by atoms with Gasteiger partial charge in [-0.1, -0.05) is 0 Å². The van der Waals surface area contributed by atoms with E-state index < -0.39 is 0 Å². The molecule has 6 heteroatoms. The molecule has 6 nitrogen and oxygen atoms in total. The van der Waals surface area contributed by atoms with Gasteiger partial charge in [0.2, 0.25) is 5.75 Å². The lowest BCUT2D eigenvalue weighted by atomic mass is 10.1. The second-order valence-electron chi connectivity index (χ2n) is 4.93. The highest BCUT2D eigenvalue weighted by atomic mass is 16.5. The van der Waals surface area contributed by atoms with Gasteiger partial charge >= 0.3 is 0 Å². The Morgan fingerprint density at radius 2 is 1.76 bits per heavy atom. The molecule has 1 aliphatic rings. The summed E-state index contributed by atoms with van der Waals surface area (Å²) in [5.41, 5.74) is 6.12. The topological polar surface area (TPSA) is 74.0 Å². The molecule has 0 unspecified atom stereocenters. The van der Waals surface area contributed by atoms with Crippen LogP contribution in [0.1, 0.15) is 23.2 Å². The number of carbonyl (C=O) groups excluding carboxylic acids is 1. The minimum absolute atomic E-state index is 0.0535. The zero-order valence-corrected chi connectivity index (χ0v) is 12.7. The molecule has 1 aromatic rings. The largest absolute Gasteiger partial charge is 0.493 e. The fourth-order valence-electron chi connectivity index (χ4n) is 2.35. The van der Waals surface area contributed by atoms with Crippen molar-refractivity contribution in [3.8, 4) is 17.2 Å². The molecule has 0 atom stereocenters. The van der Waals surface area contributed by atoms with Gasteiger partial charge in [0.25, 0.3) is 5.91 Å². The highest BCUT2D eigenvalue weighted by Crippen LogP contribution is 2.39. The highest BCUT2D eigenvalue weighted by Gasteiger charge is 2.33. The predicted octanol–water partition coefficient (Wildman–Crippen LogP) is 1.28. The van der Waals surface area contributed by atoms with Gasteiger partial charge in [-0.25, -0.2) is 0 Å². The van der Waals surface area contributed by atoms with Crippen LogP contribution in [0.25, 0.3) is 0 Å². The Kier molecular flexibility index (Phi) is 4.90. The third-order valence-corrected chi connectivity index (χ3v) is 3.53. The van der Waals surface area contributed by atoms with Crippen molar-refractivity contribution in [1.29, 1.82) is 0 Å². The van der Waals surface area contributed by atoms with Crippen molar-refractivity contribution >= 4 is 5.91 Å². The molecule has 1 amide bonds. The standard InChI is InChI=1S/C15H22N2O4/c1-19-12-8-10(9-13(20-2)14(12)21-3)15(18)17(7-6-16)11-4-5-11/h8-9,11H,4-7,16H2,1-3H3. The van der Waals surface area contributed by atoms with E-state index in [0.717, 1.165) is 12.8 Å². The minimum atomic E-state index is -0.0535. The van der Waals surface area contributed by atoms with E-state index in [-0.39, 0.29) is 5.91 Å². The molecule has 0 radical (unpaired) electrons. The van der Waals surface area contributed by atoms with Crippen molar-refractivity contribution in [2.24, 2.45) is 5.73 Å². The lowest BCUT2D eigenvalue weighted by Gasteiger charge is -2.22. The summed E-state index contributed by atoms with van der Waals surface area (Å²) in [6, 6.07) is 3.66. The van der Waals surface area contributed by atoms with Crippen LogP contribution in [0.2, 0.25) is 0 Å². The first-order valence-electron chi connectivity index (χ1n) is 6.97. The highest BCUT2D eigenvalue weighted by molar-refractivity contribution is 5.96. The molecule has 0 aromatic heterocycles. The average molecular weight is 294 g/mol. The molecule has 0 bridgehead atoms. The van der Waals surface area contributed by atoms with Gasteiger partial charge in [-0.2, -0.15) is 0 Å². The van der Waals surface area contributed by atoms with E-state index in [2.05, 4.69) is 0 Å². The van der Waals surface area contributed by atoms with Crippen LogP contribution in [0.5, 0.6) is 17.2 Å². The fourth-order valence-corrected chi connectivity index (χ4v) is 2.35. The molecule has 1 aromatic carbocycles. The predicted molar refractivity (Wildman–Crippen MR) is 79.2 cm³/mol. The number of carbonyl (C=O) groups is 1. The summed E-state index contributed by atoms with van der Waals surface area (Å²) in [5, 5.41) is 0. The quantitative estimate of drug-likeness (QED) is 0.820. The van der Waals surface area contributed by atoms with E-state index in [4.69, 9.17) is 19.9 Å². The SMILES string of the molecule is COc1cc(C(=O)N(CCN)C2CC2)cc(OC)c1OC. The normalized spacial score (nSPS) is 13.7. The van der Waals surface area contributed by atoms with Crippen LogP contribution in [0.15, 0.2) is 12.1 Å². The van der Waals surface area contributed by atoms with Gasteiger partial charge in [0.15, 0.2) is 11.5 Å². The van der Waals surface area contributed by atoms with E-state index in [9.17, 15) is 4.79 Å². The maximum atomic E-state index is 12.7. The smallest absolute Gasteiger partial charge is 0.254 e. The molecule has 1 fully saturated rings. The molecule has 1 saturated carbocycles. The monoisotopic (exact) mass is 294 g/mol. The van der Waals surface area contributed by atoms with Gasteiger partial charge in [0.1, 0.15) is 0 Å². The van der Waals surface area contributed by atoms with E-state index in [1.165, 1.54) is 21.3 Å². The molecule has 2 rings (SSSR count). The number of rotatable bonds is 7. The Bertz CT molecular complexity index is 489. The van der Waals surface area contributed by atoms with E-state index >= 15 is 0 Å². The van der Waals surface area contributed by atoms with Crippen LogP contribution in [0, 0.1) is 0 Å². The number of methoxy groups -OCH3 is 3. The van der Waals surface area contributed by atoms with Crippen LogP contribution in [0.3, 0.4) is 0 Å². The van der Waals surface area contributed by atoms with Crippen LogP contribution in [-0.2, 0) is 0 Å². The summed E-state index contributed by atoms with van der Waals surface area (Å²) < 4.78 is 15.8. The molecule has 116 valence electrons. The van der Waals surface area contributed by atoms with Crippen molar-refractivity contribution in [3.05, 3.63) is 17.7 Å². The van der Waals surface area contributed by atoms with Crippen molar-refractivity contribution < 1.29 is 19.0 Å². The van der Waals surface area contributed by atoms with E-state index in [0.29, 0.717) is 41.9 Å². The first kappa shape index (κ1) is 15.4. The third kappa shape index (κ3) is 3.21. The third-order valence-electron chi connectivity index (χ3n) is 3.53. The van der Waals surface area contributed by atoms with Gasteiger partial charge in [0.05, 0.1) is 21.3 Å². The number of hydrogen-bond acceptors (Lipinski definition) is 5. The summed E-state index contributed by atoms with van der Waals surface area (Å²) in [6.45, 7) is 1.01. The van der Waals surface area contributed by atoms with E-state index in [1.54, 1.807) is 12.1 Å². The first-order valence-corrected chi connectivity index (χ1v) is 6.97. The zero-order valence-electron chi connectivity index (χ0n) is 12.7. The summed E-state index contributed by atoms with van der Waals surface area (Å²) >= 11 is 0. The lowest BCUT2D eigenvalue weighted by molar-refractivity contribution is 0.0747. The summed E-state index contributed by atoms with van der Waals surface area (Å²) in [5.74, 6) is 1.38. The fraction of sp³-hybridized carbons (Fsp3) is 0.533. The molecule has 0 aliphatic heterocycles. The van der Waals surface area contributed by atoms with Crippen LogP contribution in [0.4, 0.5) is 0 Å². The Hall–Kier alpha value is -1.95. The molecule has 1 aliphatic carbocycles. The molecular formula is C15H22N2O4. The average Bonchev–Trinajstić information content (AvgIpc) is 3.34. The molecule has 21 heavy (non-hydrogen) atoms. The second kappa shape index (κ2) is 6.67. The van der Waals surface area contributed by atoms with Crippen LogP contribution < -0.4 is 19.9 Å². The number of nitrogens with two attached hydrogens (primary N) is 1. The Labute approximate surface area is 124 Å². The van der Waals surface area contributed by atoms with Crippen molar-refractivity contribution in [2.75, 3.05) is 34.4 Å². The number of nitrogens with zero attached hydrogens (tertiary/aromatic N) is 1. The number of ether oxygens (including phenoxy) is 3. The summed E-state index contributed by atoms with van der Waals surface area (Å²) in [6.07, 6.45) is 2.08. The van der Waals surface area contributed by atoms with Gasteiger partial charge < -0.3 is 24.8 Å². The molecule has 0 saturated heterocycles. The van der Waals surface area contributed by atoms with Crippen molar-refractivity contribution in [2.45, 2.75) is 18.9 Å². The Morgan fingerprint density at radius 3 is 2.14 bits per heavy atom. The number of amides is 1. The minimum Gasteiger partial charge on any atom is -0.493 e. The second-order valence-corrected chi connectivity index (χ2v) is 4.93. The number of hydrogen-bond donors (Lipinski definition) is 1. The van der Waals surface area contributed by atoms with Crippen LogP contribution in [-0.4, -0.2) is 51.3 Å². The summed E-state index contributed by atoms with van der Waals surface area (Å²) in [4.78, 5) is 14.5. The maximum Gasteiger partial charge on any atom is 0.254 e. The summed E-state index contributed by atoms with van der Waals surface area (Å²) in [7, 11) is 4.60. The molecule has 0 spiro atoms. The maximum absolute atomic E-state index is 12.7. The lowest BCUT2D eigenvalue weighted by Crippen LogP contribution is -2.37. The van der Waals surface area contributed by atoms with Crippen molar-refractivity contribution in [3.63, 3.8) is 0 Å². The number of benzene rings is 1. The van der Waals surface area contributed by atoms with E-state index in [1.807, 2.05) is 4.90 Å². The molecular weight excluding hydrogens is 272 g/mol. The molecule has 2 N–H and O–H groups in total. The Morgan fingerprint density at radius 1 is 1.19 bits per heavy atom. The Balaban J connectivity index is 2.35. The molecule has 0 heterocycles. The van der Waals surface area contributed by atoms with Gasteiger partial charge in [-0.05, 0) is 25.0 Å². The van der Waals surface area contributed by atoms with Crippen LogP contribution >= 0.6 is 0 Å². The first-order chi connectivity index (χ1) is 10.2. The van der Waals surface area contributed by atoms with Gasteiger partial charge in [-0.15, -0.1) is 0 Å². The van der Waals surface area contributed by atoms with Gasteiger partial charge in [-0.3, -0.25) is 4.79 Å². The van der Waals surface area contributed by atoms with Crippen molar-refractivity contribution in [1.82, 2.24) is 4.90 Å².